The number of piperidine rings is 1. The summed E-state index contributed by atoms with van der Waals surface area (Å²) in [4.78, 5) is 14.4. The highest BCUT2D eigenvalue weighted by molar-refractivity contribution is 5.94. The highest BCUT2D eigenvalue weighted by Crippen LogP contribution is 2.36. The molecule has 2 atom stereocenters. The fourth-order valence-electron chi connectivity index (χ4n) is 3.18. The summed E-state index contributed by atoms with van der Waals surface area (Å²) < 4.78 is 16.2. The Balaban J connectivity index is 1.73. The first-order valence-electron chi connectivity index (χ1n) is 7.00. The van der Waals surface area contributed by atoms with Crippen LogP contribution in [0.2, 0.25) is 0 Å². The van der Waals surface area contributed by atoms with Gasteiger partial charge < -0.3 is 18.9 Å². The number of hydrogen-bond acceptors (Lipinski definition) is 5. The van der Waals surface area contributed by atoms with Crippen LogP contribution in [0.3, 0.4) is 0 Å². The molecule has 0 saturated carbocycles. The Morgan fingerprint density at radius 1 is 1.60 bits per heavy atom. The molecule has 1 aromatic rings. The van der Waals surface area contributed by atoms with Crippen molar-refractivity contribution in [1.29, 1.82) is 0 Å². The number of nitrogens with zero attached hydrogens (tertiary/aromatic N) is 2. The molecule has 1 amide bonds. The van der Waals surface area contributed by atoms with Crippen LogP contribution < -0.4 is 0 Å². The molecule has 0 aromatic carbocycles. The number of aromatic nitrogens is 1. The topological polar surface area (TPSA) is 64.8 Å². The minimum Gasteiger partial charge on any atom is -0.379 e. The van der Waals surface area contributed by atoms with Gasteiger partial charge in [-0.2, -0.15) is 0 Å². The van der Waals surface area contributed by atoms with E-state index in [1.165, 1.54) is 6.26 Å². The summed E-state index contributed by atoms with van der Waals surface area (Å²) in [6, 6.07) is 0. The lowest BCUT2D eigenvalue weighted by Crippen LogP contribution is -2.50. The molecule has 6 heteroatoms. The van der Waals surface area contributed by atoms with E-state index in [2.05, 4.69) is 5.16 Å². The predicted molar refractivity (Wildman–Crippen MR) is 70.5 cm³/mol. The molecule has 2 aliphatic rings. The minimum absolute atomic E-state index is 0.0210. The molecule has 6 nitrogen and oxygen atoms in total. The van der Waals surface area contributed by atoms with Gasteiger partial charge in [0.2, 0.25) is 0 Å². The van der Waals surface area contributed by atoms with Crippen molar-refractivity contribution in [2.24, 2.45) is 0 Å². The van der Waals surface area contributed by atoms with Crippen LogP contribution >= 0.6 is 0 Å². The van der Waals surface area contributed by atoms with Crippen molar-refractivity contribution in [2.75, 3.05) is 26.8 Å². The third-order valence-corrected chi connectivity index (χ3v) is 4.32. The van der Waals surface area contributed by atoms with E-state index in [-0.39, 0.29) is 17.6 Å². The third-order valence-electron chi connectivity index (χ3n) is 4.32. The molecule has 2 fully saturated rings. The molecule has 0 N–H and O–H groups in total. The Morgan fingerprint density at radius 3 is 3.10 bits per heavy atom. The zero-order chi connectivity index (χ0) is 14.2. The molecule has 3 rings (SSSR count). The molecule has 0 bridgehead atoms. The number of carbonyl (C=O) groups excluding carboxylic acids is 1. The number of methoxy groups -OCH3 is 1. The van der Waals surface area contributed by atoms with E-state index < -0.39 is 0 Å². The van der Waals surface area contributed by atoms with Gasteiger partial charge in [-0.3, -0.25) is 4.79 Å². The predicted octanol–water partition coefficient (Wildman–Crippen LogP) is 1.39. The Labute approximate surface area is 118 Å². The Hall–Kier alpha value is -1.40. The van der Waals surface area contributed by atoms with Crippen LogP contribution in [0.4, 0.5) is 0 Å². The third kappa shape index (κ3) is 2.33. The molecule has 2 saturated heterocycles. The molecule has 0 aliphatic carbocycles. The lowest BCUT2D eigenvalue weighted by Gasteiger charge is -2.39. The maximum Gasteiger partial charge on any atom is 0.259 e. The summed E-state index contributed by atoms with van der Waals surface area (Å²) in [5, 5.41) is 3.77. The van der Waals surface area contributed by atoms with Gasteiger partial charge in [-0.1, -0.05) is 5.16 Å². The molecule has 1 aromatic heterocycles. The van der Waals surface area contributed by atoms with Crippen LogP contribution in [0.15, 0.2) is 10.8 Å². The summed E-state index contributed by atoms with van der Waals surface area (Å²) >= 11 is 0. The average Bonchev–Trinajstić information content (AvgIpc) is 3.05. The number of hydrogen-bond donors (Lipinski definition) is 0. The van der Waals surface area contributed by atoms with Gasteiger partial charge >= 0.3 is 0 Å². The van der Waals surface area contributed by atoms with E-state index in [0.29, 0.717) is 24.4 Å². The number of amides is 1. The zero-order valence-electron chi connectivity index (χ0n) is 11.9. The molecule has 2 aliphatic heterocycles. The highest BCUT2D eigenvalue weighted by Gasteiger charge is 2.45. The SMILES string of the molecule is CO[C@@H]1CO[C@]2(CCCN(C(=O)c3conc3C)C2)C1. The molecule has 0 unspecified atom stereocenters. The number of ether oxygens (including phenoxy) is 2. The van der Waals surface area contributed by atoms with E-state index in [4.69, 9.17) is 14.0 Å². The minimum atomic E-state index is -0.236. The van der Waals surface area contributed by atoms with Crippen molar-refractivity contribution in [3.63, 3.8) is 0 Å². The first kappa shape index (κ1) is 13.6. The number of carbonyl (C=O) groups is 1. The lowest BCUT2D eigenvalue weighted by molar-refractivity contribution is -0.0458. The van der Waals surface area contributed by atoms with E-state index in [1.807, 2.05) is 4.90 Å². The molecule has 3 heterocycles. The summed E-state index contributed by atoms with van der Waals surface area (Å²) in [6.45, 7) is 3.77. The van der Waals surface area contributed by atoms with Gasteiger partial charge in [0.1, 0.15) is 11.8 Å². The van der Waals surface area contributed by atoms with Crippen LogP contribution in [0.1, 0.15) is 35.3 Å². The maximum absolute atomic E-state index is 12.5. The highest BCUT2D eigenvalue weighted by atomic mass is 16.6. The van der Waals surface area contributed by atoms with Crippen molar-refractivity contribution >= 4 is 5.91 Å². The molecule has 110 valence electrons. The van der Waals surface area contributed by atoms with E-state index in [0.717, 1.165) is 25.8 Å². The number of aryl methyl sites for hydroxylation is 1. The van der Waals surface area contributed by atoms with Gasteiger partial charge in [-0.25, -0.2) is 0 Å². The first-order valence-corrected chi connectivity index (χ1v) is 7.00. The van der Waals surface area contributed by atoms with Crippen molar-refractivity contribution in [3.8, 4) is 0 Å². The summed E-state index contributed by atoms with van der Waals surface area (Å²) in [6.07, 6.45) is 4.36. The number of likely N-dealkylation sites (tertiary alicyclic amines) is 1. The standard InChI is InChI=1S/C14H20N2O4/c1-10-12(8-20-15-10)13(17)16-5-3-4-14(9-16)6-11(18-2)7-19-14/h8,11H,3-7,9H2,1-2H3/t11-,14+/m0/s1. The lowest BCUT2D eigenvalue weighted by atomic mass is 9.89. The second-order valence-electron chi connectivity index (χ2n) is 5.70. The average molecular weight is 280 g/mol. The van der Waals surface area contributed by atoms with Crippen molar-refractivity contribution in [1.82, 2.24) is 10.1 Å². The van der Waals surface area contributed by atoms with Gasteiger partial charge in [0.05, 0.1) is 30.6 Å². The summed E-state index contributed by atoms with van der Waals surface area (Å²) in [7, 11) is 1.71. The maximum atomic E-state index is 12.5. The van der Waals surface area contributed by atoms with Crippen LogP contribution in [0.25, 0.3) is 0 Å². The first-order chi connectivity index (χ1) is 9.63. The summed E-state index contributed by atoms with van der Waals surface area (Å²) in [5.41, 5.74) is 0.944. The van der Waals surface area contributed by atoms with Gasteiger partial charge in [0.15, 0.2) is 0 Å². The monoisotopic (exact) mass is 280 g/mol. The molecule has 20 heavy (non-hydrogen) atoms. The van der Waals surface area contributed by atoms with Crippen LogP contribution in [0, 0.1) is 6.92 Å². The van der Waals surface area contributed by atoms with Gasteiger partial charge in [0, 0.05) is 20.1 Å². The Kier molecular flexibility index (Phi) is 3.52. The quantitative estimate of drug-likeness (QED) is 0.819. The van der Waals surface area contributed by atoms with E-state index >= 15 is 0 Å². The second kappa shape index (κ2) is 5.18. The largest absolute Gasteiger partial charge is 0.379 e. The van der Waals surface area contributed by atoms with Crippen LogP contribution in [0.5, 0.6) is 0 Å². The van der Waals surface area contributed by atoms with E-state index in [9.17, 15) is 4.79 Å². The van der Waals surface area contributed by atoms with Crippen molar-refractivity contribution in [3.05, 3.63) is 17.5 Å². The fourth-order valence-corrected chi connectivity index (χ4v) is 3.18. The van der Waals surface area contributed by atoms with Crippen LogP contribution in [-0.2, 0) is 9.47 Å². The summed E-state index contributed by atoms with van der Waals surface area (Å²) in [5.74, 6) is -0.0210. The molecule has 1 spiro atoms. The van der Waals surface area contributed by atoms with Crippen LogP contribution in [-0.4, -0.2) is 54.5 Å². The fraction of sp³-hybridized carbons (Fsp3) is 0.714. The zero-order valence-corrected chi connectivity index (χ0v) is 11.9. The van der Waals surface area contributed by atoms with Gasteiger partial charge in [0.25, 0.3) is 5.91 Å². The second-order valence-corrected chi connectivity index (χ2v) is 5.70. The molecular weight excluding hydrogens is 260 g/mol. The van der Waals surface area contributed by atoms with Gasteiger partial charge in [-0.15, -0.1) is 0 Å². The smallest absolute Gasteiger partial charge is 0.259 e. The molecular formula is C14H20N2O4. The van der Waals surface area contributed by atoms with Crippen molar-refractivity contribution in [2.45, 2.75) is 37.9 Å². The van der Waals surface area contributed by atoms with Crippen molar-refractivity contribution < 1.29 is 18.8 Å². The van der Waals surface area contributed by atoms with Gasteiger partial charge in [-0.05, 0) is 19.8 Å². The number of rotatable bonds is 2. The molecule has 0 radical (unpaired) electrons. The van der Waals surface area contributed by atoms with E-state index in [1.54, 1.807) is 14.0 Å². The Morgan fingerprint density at radius 2 is 2.45 bits per heavy atom. The Bertz CT molecular complexity index is 501. The normalized spacial score (nSPS) is 30.1.